The lowest BCUT2D eigenvalue weighted by Gasteiger charge is -2.07. The molecule has 0 radical (unpaired) electrons. The van der Waals surface area contributed by atoms with Gasteiger partial charge in [0.15, 0.2) is 5.17 Å². The topological polar surface area (TPSA) is 56.8 Å². The molecule has 4 nitrogen and oxygen atoms in total. The first-order valence-corrected chi connectivity index (χ1v) is 8.03. The number of hydrogen-bond donors (Lipinski definition) is 1. The SMILES string of the molecule is NC(=NC[C@H]1CCCO1)SCCOc1ccc(Cl)cc1. The Kier molecular flexibility index (Phi) is 6.50. The largest absolute Gasteiger partial charge is 0.493 e. The van der Waals surface area contributed by atoms with Crippen molar-refractivity contribution in [3.05, 3.63) is 29.3 Å². The Labute approximate surface area is 128 Å². The lowest BCUT2D eigenvalue weighted by Crippen LogP contribution is -2.15. The van der Waals surface area contributed by atoms with E-state index >= 15 is 0 Å². The van der Waals surface area contributed by atoms with Gasteiger partial charge in [-0.05, 0) is 37.1 Å². The lowest BCUT2D eigenvalue weighted by atomic mass is 10.2. The maximum absolute atomic E-state index is 5.84. The van der Waals surface area contributed by atoms with Crippen molar-refractivity contribution in [1.82, 2.24) is 0 Å². The third-order valence-electron chi connectivity index (χ3n) is 2.89. The van der Waals surface area contributed by atoms with Crippen LogP contribution >= 0.6 is 23.4 Å². The molecule has 0 aliphatic carbocycles. The molecule has 20 heavy (non-hydrogen) atoms. The van der Waals surface area contributed by atoms with E-state index < -0.39 is 0 Å². The fraction of sp³-hybridized carbons (Fsp3) is 0.500. The Morgan fingerprint density at radius 2 is 2.25 bits per heavy atom. The van der Waals surface area contributed by atoms with Gasteiger partial charge in [-0.25, -0.2) is 0 Å². The van der Waals surface area contributed by atoms with Gasteiger partial charge in [0.05, 0.1) is 19.3 Å². The van der Waals surface area contributed by atoms with E-state index in [0.29, 0.717) is 23.3 Å². The summed E-state index contributed by atoms with van der Waals surface area (Å²) in [5.41, 5.74) is 5.84. The van der Waals surface area contributed by atoms with Crippen LogP contribution in [0.3, 0.4) is 0 Å². The smallest absolute Gasteiger partial charge is 0.154 e. The zero-order valence-electron chi connectivity index (χ0n) is 11.3. The summed E-state index contributed by atoms with van der Waals surface area (Å²) in [6.07, 6.45) is 2.46. The van der Waals surface area contributed by atoms with Gasteiger partial charge in [-0.3, -0.25) is 4.99 Å². The van der Waals surface area contributed by atoms with Crippen LogP contribution in [0.4, 0.5) is 0 Å². The number of nitrogens with two attached hydrogens (primary N) is 1. The van der Waals surface area contributed by atoms with Crippen LogP contribution < -0.4 is 10.5 Å². The van der Waals surface area contributed by atoms with Crippen molar-refractivity contribution in [1.29, 1.82) is 0 Å². The number of thioether (sulfide) groups is 1. The van der Waals surface area contributed by atoms with Crippen molar-refractivity contribution in [3.8, 4) is 5.75 Å². The number of aliphatic imine (C=N–C) groups is 1. The van der Waals surface area contributed by atoms with Crippen molar-refractivity contribution >= 4 is 28.5 Å². The summed E-state index contributed by atoms with van der Waals surface area (Å²) in [6.45, 7) is 2.10. The second kappa shape index (κ2) is 8.39. The Morgan fingerprint density at radius 3 is 2.95 bits per heavy atom. The van der Waals surface area contributed by atoms with Gasteiger partial charge in [0, 0.05) is 17.4 Å². The Bertz CT molecular complexity index is 433. The minimum atomic E-state index is 0.250. The van der Waals surface area contributed by atoms with E-state index in [4.69, 9.17) is 26.8 Å². The van der Waals surface area contributed by atoms with Gasteiger partial charge in [-0.1, -0.05) is 23.4 Å². The summed E-state index contributed by atoms with van der Waals surface area (Å²) in [6, 6.07) is 7.31. The minimum absolute atomic E-state index is 0.250. The second-order valence-corrected chi connectivity index (χ2v) is 6.02. The quantitative estimate of drug-likeness (QED) is 0.498. The molecule has 0 aromatic heterocycles. The van der Waals surface area contributed by atoms with Crippen LogP contribution in [0.5, 0.6) is 5.75 Å². The van der Waals surface area contributed by atoms with Gasteiger partial charge in [0.1, 0.15) is 5.75 Å². The fourth-order valence-electron chi connectivity index (χ4n) is 1.86. The third-order valence-corrected chi connectivity index (χ3v) is 3.94. The highest BCUT2D eigenvalue weighted by atomic mass is 35.5. The van der Waals surface area contributed by atoms with Crippen LogP contribution in [0.2, 0.25) is 5.02 Å². The molecule has 0 amide bonds. The maximum atomic E-state index is 5.84. The average molecular weight is 315 g/mol. The van der Waals surface area contributed by atoms with Crippen molar-refractivity contribution in [2.75, 3.05) is 25.5 Å². The molecule has 110 valence electrons. The summed E-state index contributed by atoms with van der Waals surface area (Å²) in [4.78, 5) is 4.32. The first kappa shape index (κ1) is 15.5. The van der Waals surface area contributed by atoms with Gasteiger partial charge in [0.2, 0.25) is 0 Å². The molecule has 2 N–H and O–H groups in total. The lowest BCUT2D eigenvalue weighted by molar-refractivity contribution is 0.118. The summed E-state index contributed by atoms with van der Waals surface area (Å²) in [5, 5.41) is 1.30. The molecule has 6 heteroatoms. The zero-order valence-corrected chi connectivity index (χ0v) is 12.8. The summed E-state index contributed by atoms with van der Waals surface area (Å²) >= 11 is 7.30. The van der Waals surface area contributed by atoms with Gasteiger partial charge in [0.25, 0.3) is 0 Å². The molecule has 1 aliphatic rings. The molecule has 1 fully saturated rings. The molecule has 0 saturated carbocycles. The number of rotatable bonds is 6. The molecule has 1 aliphatic heterocycles. The summed E-state index contributed by atoms with van der Waals surface area (Å²) < 4.78 is 11.1. The predicted molar refractivity (Wildman–Crippen MR) is 84.9 cm³/mol. The number of hydrogen-bond acceptors (Lipinski definition) is 4. The monoisotopic (exact) mass is 314 g/mol. The molecule has 1 saturated heterocycles. The van der Waals surface area contributed by atoms with Crippen molar-refractivity contribution in [3.63, 3.8) is 0 Å². The second-order valence-electron chi connectivity index (χ2n) is 4.46. The van der Waals surface area contributed by atoms with Gasteiger partial charge >= 0.3 is 0 Å². The van der Waals surface area contributed by atoms with E-state index in [-0.39, 0.29) is 6.10 Å². The van der Waals surface area contributed by atoms with Gasteiger partial charge in [-0.15, -0.1) is 0 Å². The maximum Gasteiger partial charge on any atom is 0.154 e. The molecule has 0 bridgehead atoms. The van der Waals surface area contributed by atoms with Gasteiger partial charge in [-0.2, -0.15) is 0 Å². The number of halogens is 1. The standard InChI is InChI=1S/C14H19ClN2O2S/c15-11-3-5-12(6-4-11)19-8-9-20-14(16)17-10-13-2-1-7-18-13/h3-6,13H,1-2,7-10H2,(H2,16,17)/t13-/m1/s1. The number of benzene rings is 1. The Hall–Kier alpha value is -0.910. The van der Waals surface area contributed by atoms with Crippen molar-refractivity contribution in [2.45, 2.75) is 18.9 Å². The van der Waals surface area contributed by atoms with Crippen LogP contribution in [-0.4, -0.2) is 36.8 Å². The highest BCUT2D eigenvalue weighted by Gasteiger charge is 2.14. The fourth-order valence-corrected chi connectivity index (χ4v) is 2.53. The highest BCUT2D eigenvalue weighted by Crippen LogP contribution is 2.16. The van der Waals surface area contributed by atoms with Crippen LogP contribution in [0.1, 0.15) is 12.8 Å². The molecule has 0 unspecified atom stereocenters. The van der Waals surface area contributed by atoms with E-state index in [1.54, 1.807) is 12.1 Å². The Morgan fingerprint density at radius 1 is 1.45 bits per heavy atom. The summed E-state index contributed by atoms with van der Waals surface area (Å²) in [5.74, 6) is 1.58. The molecular formula is C14H19ClN2O2S. The van der Waals surface area contributed by atoms with Crippen LogP contribution in [-0.2, 0) is 4.74 Å². The van der Waals surface area contributed by atoms with E-state index in [2.05, 4.69) is 4.99 Å². The van der Waals surface area contributed by atoms with Gasteiger partial charge < -0.3 is 15.2 Å². The number of amidine groups is 1. The molecular weight excluding hydrogens is 296 g/mol. The van der Waals surface area contributed by atoms with Crippen LogP contribution in [0.25, 0.3) is 0 Å². The third kappa shape index (κ3) is 5.61. The van der Waals surface area contributed by atoms with Crippen molar-refractivity contribution < 1.29 is 9.47 Å². The van der Waals surface area contributed by atoms with E-state index in [1.807, 2.05) is 12.1 Å². The highest BCUT2D eigenvalue weighted by molar-refractivity contribution is 8.13. The molecule has 0 spiro atoms. The molecule has 1 heterocycles. The van der Waals surface area contributed by atoms with Crippen LogP contribution in [0, 0.1) is 0 Å². The Balaban J connectivity index is 1.59. The number of ether oxygens (including phenoxy) is 2. The first-order chi connectivity index (χ1) is 9.74. The normalized spacial score (nSPS) is 19.2. The molecule has 1 aromatic rings. The minimum Gasteiger partial charge on any atom is -0.493 e. The number of nitrogens with zero attached hydrogens (tertiary/aromatic N) is 1. The molecule has 2 rings (SSSR count). The van der Waals surface area contributed by atoms with Crippen LogP contribution in [0.15, 0.2) is 29.3 Å². The van der Waals surface area contributed by atoms with E-state index in [0.717, 1.165) is 31.0 Å². The predicted octanol–water partition coefficient (Wildman–Crippen LogP) is 2.95. The average Bonchev–Trinajstić information content (AvgIpc) is 2.96. The summed E-state index contributed by atoms with van der Waals surface area (Å²) in [7, 11) is 0. The first-order valence-electron chi connectivity index (χ1n) is 6.67. The molecule has 1 aromatic carbocycles. The molecule has 1 atom stereocenters. The van der Waals surface area contributed by atoms with E-state index in [1.165, 1.54) is 11.8 Å². The van der Waals surface area contributed by atoms with E-state index in [9.17, 15) is 0 Å². The van der Waals surface area contributed by atoms with Crippen molar-refractivity contribution in [2.24, 2.45) is 10.7 Å². The zero-order chi connectivity index (χ0) is 14.2.